The van der Waals surface area contributed by atoms with Crippen LogP contribution in [0, 0.1) is 13.8 Å². The molecule has 2 aromatic carbocycles. The van der Waals surface area contributed by atoms with E-state index < -0.39 is 0 Å². The molecule has 2 heterocycles. The molecule has 0 fully saturated rings. The predicted molar refractivity (Wildman–Crippen MR) is 111 cm³/mol. The van der Waals surface area contributed by atoms with Crippen LogP contribution in [0.5, 0.6) is 0 Å². The Balaban J connectivity index is 1.67. The third-order valence-electron chi connectivity index (χ3n) is 4.72. The summed E-state index contributed by atoms with van der Waals surface area (Å²) in [6.07, 6.45) is 1.68. The van der Waals surface area contributed by atoms with E-state index in [1.807, 2.05) is 50.2 Å². The summed E-state index contributed by atoms with van der Waals surface area (Å²) in [6.45, 7) is 3.93. The summed E-state index contributed by atoms with van der Waals surface area (Å²) in [4.78, 5) is 32.3. The van der Waals surface area contributed by atoms with E-state index in [0.29, 0.717) is 21.8 Å². The zero-order valence-corrected chi connectivity index (χ0v) is 16.6. The van der Waals surface area contributed by atoms with E-state index >= 15 is 0 Å². The first-order valence-electron chi connectivity index (χ1n) is 8.87. The van der Waals surface area contributed by atoms with Crippen molar-refractivity contribution < 1.29 is 9.59 Å². The van der Waals surface area contributed by atoms with Crippen LogP contribution in [0.1, 0.15) is 31.8 Å². The van der Waals surface area contributed by atoms with E-state index in [1.165, 1.54) is 11.8 Å². The fourth-order valence-corrected chi connectivity index (χ4v) is 4.33. The Bertz CT molecular complexity index is 1110. The molecule has 1 aliphatic rings. The maximum absolute atomic E-state index is 12.7. The van der Waals surface area contributed by atoms with Gasteiger partial charge in [0.05, 0.1) is 11.3 Å². The zero-order valence-electron chi connectivity index (χ0n) is 15.8. The SMILES string of the molecule is Cc1ccc(C(=O)Nc2ccc3c(c2)Sc2ncccc2C(=O)N3C)c(C)c1. The first-order chi connectivity index (χ1) is 13.4. The lowest BCUT2D eigenvalue weighted by atomic mass is 10.1. The van der Waals surface area contributed by atoms with Crippen molar-refractivity contribution in [2.24, 2.45) is 0 Å². The molecule has 0 spiro atoms. The largest absolute Gasteiger partial charge is 0.322 e. The smallest absolute Gasteiger partial charge is 0.260 e. The third kappa shape index (κ3) is 3.27. The molecule has 2 amide bonds. The summed E-state index contributed by atoms with van der Waals surface area (Å²) in [5.41, 5.74) is 4.74. The molecule has 3 aromatic rings. The van der Waals surface area contributed by atoms with Gasteiger partial charge in [-0.25, -0.2) is 4.98 Å². The van der Waals surface area contributed by atoms with Gasteiger partial charge < -0.3 is 10.2 Å². The molecular weight excluding hydrogens is 370 g/mol. The van der Waals surface area contributed by atoms with Crippen molar-refractivity contribution in [1.29, 1.82) is 0 Å². The Kier molecular flexibility index (Phi) is 4.65. The molecule has 28 heavy (non-hydrogen) atoms. The van der Waals surface area contributed by atoms with Crippen LogP contribution in [0.4, 0.5) is 11.4 Å². The van der Waals surface area contributed by atoms with Gasteiger partial charge in [-0.15, -0.1) is 0 Å². The molecule has 1 N–H and O–H groups in total. The van der Waals surface area contributed by atoms with Gasteiger partial charge in [-0.1, -0.05) is 29.5 Å². The Hall–Kier alpha value is -3.12. The number of amides is 2. The summed E-state index contributed by atoms with van der Waals surface area (Å²) < 4.78 is 0. The van der Waals surface area contributed by atoms with Crippen molar-refractivity contribution in [1.82, 2.24) is 4.98 Å². The number of anilines is 2. The minimum atomic E-state index is -0.154. The van der Waals surface area contributed by atoms with Gasteiger partial charge in [0, 0.05) is 29.4 Å². The molecule has 0 radical (unpaired) electrons. The fourth-order valence-electron chi connectivity index (χ4n) is 3.25. The van der Waals surface area contributed by atoms with Gasteiger partial charge in [0.15, 0.2) is 0 Å². The Morgan fingerprint density at radius 2 is 1.93 bits per heavy atom. The van der Waals surface area contributed by atoms with Crippen LogP contribution < -0.4 is 10.2 Å². The molecular formula is C22H19N3O2S. The topological polar surface area (TPSA) is 62.3 Å². The van der Waals surface area contributed by atoms with E-state index in [4.69, 9.17) is 0 Å². The van der Waals surface area contributed by atoms with Crippen LogP contribution in [-0.2, 0) is 0 Å². The molecule has 0 aliphatic carbocycles. The Morgan fingerprint density at radius 1 is 1.11 bits per heavy atom. The highest BCUT2D eigenvalue weighted by Gasteiger charge is 2.25. The Labute approximate surface area is 167 Å². The molecule has 5 nitrogen and oxygen atoms in total. The van der Waals surface area contributed by atoms with Gasteiger partial charge >= 0.3 is 0 Å². The van der Waals surface area contributed by atoms with E-state index in [9.17, 15) is 9.59 Å². The van der Waals surface area contributed by atoms with Gasteiger partial charge in [-0.05, 0) is 55.8 Å². The molecule has 0 unspecified atom stereocenters. The lowest BCUT2D eigenvalue weighted by Gasteiger charge is -2.18. The molecule has 140 valence electrons. The summed E-state index contributed by atoms with van der Waals surface area (Å²) >= 11 is 1.43. The van der Waals surface area contributed by atoms with Crippen molar-refractivity contribution in [3.8, 4) is 0 Å². The third-order valence-corrected chi connectivity index (χ3v) is 5.78. The maximum Gasteiger partial charge on any atom is 0.260 e. The lowest BCUT2D eigenvalue weighted by Crippen LogP contribution is -2.26. The van der Waals surface area contributed by atoms with Crippen molar-refractivity contribution >= 4 is 35.0 Å². The van der Waals surface area contributed by atoms with Crippen LogP contribution in [0.15, 0.2) is 64.6 Å². The highest BCUT2D eigenvalue weighted by atomic mass is 32.2. The lowest BCUT2D eigenvalue weighted by molar-refractivity contribution is 0.0987. The normalized spacial score (nSPS) is 12.8. The first kappa shape index (κ1) is 18.3. The Morgan fingerprint density at radius 3 is 2.71 bits per heavy atom. The minimum Gasteiger partial charge on any atom is -0.322 e. The number of pyridine rings is 1. The van der Waals surface area contributed by atoms with E-state index in [0.717, 1.165) is 21.7 Å². The molecule has 0 atom stereocenters. The van der Waals surface area contributed by atoms with Crippen LogP contribution >= 0.6 is 11.8 Å². The van der Waals surface area contributed by atoms with Gasteiger partial charge in [0.1, 0.15) is 5.03 Å². The van der Waals surface area contributed by atoms with Crippen molar-refractivity contribution in [2.45, 2.75) is 23.8 Å². The summed E-state index contributed by atoms with van der Waals surface area (Å²) in [7, 11) is 1.75. The quantitative estimate of drug-likeness (QED) is 0.691. The number of fused-ring (bicyclic) bond motifs is 2. The van der Waals surface area contributed by atoms with E-state index in [2.05, 4.69) is 10.3 Å². The monoisotopic (exact) mass is 389 g/mol. The van der Waals surface area contributed by atoms with Crippen molar-refractivity contribution in [3.63, 3.8) is 0 Å². The van der Waals surface area contributed by atoms with Crippen molar-refractivity contribution in [2.75, 3.05) is 17.3 Å². The first-order valence-corrected chi connectivity index (χ1v) is 9.69. The van der Waals surface area contributed by atoms with E-state index in [1.54, 1.807) is 30.3 Å². The second-order valence-electron chi connectivity index (χ2n) is 6.78. The number of rotatable bonds is 2. The summed E-state index contributed by atoms with van der Waals surface area (Å²) in [6, 6.07) is 14.8. The number of hydrogen-bond acceptors (Lipinski definition) is 4. The average Bonchev–Trinajstić information content (AvgIpc) is 2.77. The second kappa shape index (κ2) is 7.13. The van der Waals surface area contributed by atoms with Crippen LogP contribution in [0.25, 0.3) is 0 Å². The van der Waals surface area contributed by atoms with Gasteiger partial charge in [0.25, 0.3) is 11.8 Å². The molecule has 1 aromatic heterocycles. The second-order valence-corrected chi connectivity index (χ2v) is 7.81. The number of hydrogen-bond donors (Lipinski definition) is 1. The fraction of sp³-hybridized carbons (Fsp3) is 0.136. The summed E-state index contributed by atoms with van der Waals surface area (Å²) in [5.74, 6) is -0.250. The number of carbonyl (C=O) groups excluding carboxylic acids is 2. The molecule has 6 heteroatoms. The van der Waals surface area contributed by atoms with Gasteiger partial charge in [-0.3, -0.25) is 9.59 Å². The van der Waals surface area contributed by atoms with Crippen LogP contribution in [0.3, 0.4) is 0 Å². The predicted octanol–water partition coefficient (Wildman–Crippen LogP) is 4.69. The van der Waals surface area contributed by atoms with Crippen LogP contribution in [-0.4, -0.2) is 23.8 Å². The maximum atomic E-state index is 12.7. The van der Waals surface area contributed by atoms with Gasteiger partial charge in [0.2, 0.25) is 0 Å². The molecule has 0 bridgehead atoms. The highest BCUT2D eigenvalue weighted by Crippen LogP contribution is 2.41. The number of carbonyl (C=O) groups is 2. The number of benzene rings is 2. The summed E-state index contributed by atoms with van der Waals surface area (Å²) in [5, 5.41) is 3.63. The number of aromatic nitrogens is 1. The zero-order chi connectivity index (χ0) is 19.8. The molecule has 1 aliphatic heterocycles. The highest BCUT2D eigenvalue weighted by molar-refractivity contribution is 7.99. The minimum absolute atomic E-state index is 0.0959. The molecule has 0 saturated carbocycles. The average molecular weight is 389 g/mol. The van der Waals surface area contributed by atoms with Crippen LogP contribution in [0.2, 0.25) is 0 Å². The number of aryl methyl sites for hydroxylation is 2. The molecule has 0 saturated heterocycles. The standard InChI is InChI=1S/C22H19N3O2S/c1-13-6-8-16(14(2)11-13)20(26)24-15-7-9-18-19(12-15)28-21-17(5-4-10-23-21)22(27)25(18)3/h4-12H,1-3H3,(H,24,26). The molecule has 4 rings (SSSR count). The van der Waals surface area contributed by atoms with E-state index in [-0.39, 0.29) is 11.8 Å². The number of nitrogens with zero attached hydrogens (tertiary/aromatic N) is 2. The number of nitrogens with one attached hydrogen (secondary N) is 1. The van der Waals surface area contributed by atoms with Gasteiger partial charge in [-0.2, -0.15) is 0 Å². The van der Waals surface area contributed by atoms with Crippen molar-refractivity contribution in [3.05, 3.63) is 77.0 Å².